The van der Waals surface area contributed by atoms with Crippen molar-refractivity contribution >= 4 is 35.4 Å². The summed E-state index contributed by atoms with van der Waals surface area (Å²) in [6.07, 6.45) is 3.11. The van der Waals surface area contributed by atoms with Crippen molar-refractivity contribution in [1.29, 1.82) is 0 Å². The Labute approximate surface area is 170 Å². The third-order valence-electron chi connectivity index (χ3n) is 3.93. The Morgan fingerprint density at radius 2 is 2.04 bits per heavy atom. The van der Waals surface area contributed by atoms with Crippen molar-refractivity contribution in [2.75, 3.05) is 19.6 Å². The molecule has 2 amide bonds. The highest BCUT2D eigenvalue weighted by molar-refractivity contribution is 8.02. The first-order chi connectivity index (χ1) is 12.7. The van der Waals surface area contributed by atoms with Crippen molar-refractivity contribution < 1.29 is 14.3 Å². The van der Waals surface area contributed by atoms with Gasteiger partial charge < -0.3 is 15.0 Å². The van der Waals surface area contributed by atoms with Crippen molar-refractivity contribution in [3.05, 3.63) is 40.8 Å². The van der Waals surface area contributed by atoms with Crippen molar-refractivity contribution in [3.8, 4) is 0 Å². The first kappa shape index (κ1) is 21.6. The number of carbonyl (C=O) groups is 2. The minimum Gasteiger partial charge on any atom is -0.444 e. The van der Waals surface area contributed by atoms with Crippen molar-refractivity contribution in [3.63, 3.8) is 0 Å². The third kappa shape index (κ3) is 7.85. The number of rotatable bonds is 6. The summed E-state index contributed by atoms with van der Waals surface area (Å²) in [7, 11) is 0. The molecule has 1 unspecified atom stereocenters. The molecule has 1 N–H and O–H groups in total. The Hall–Kier alpha value is -1.66. The number of hydrogen-bond donors (Lipinski definition) is 1. The van der Waals surface area contributed by atoms with Gasteiger partial charge in [0.15, 0.2) is 0 Å². The number of amides is 2. The summed E-state index contributed by atoms with van der Waals surface area (Å²) in [4.78, 5) is 27.0. The fourth-order valence-electron chi connectivity index (χ4n) is 2.60. The van der Waals surface area contributed by atoms with Crippen LogP contribution in [0.1, 0.15) is 33.6 Å². The van der Waals surface area contributed by atoms with E-state index in [4.69, 9.17) is 16.3 Å². The fourth-order valence-corrected chi connectivity index (χ4v) is 3.41. The molecule has 1 fully saturated rings. The lowest BCUT2D eigenvalue weighted by Gasteiger charge is -2.24. The molecule has 1 aromatic carbocycles. The summed E-state index contributed by atoms with van der Waals surface area (Å²) in [5, 5.41) is 5.68. The second-order valence-electron chi connectivity index (χ2n) is 7.44. The van der Waals surface area contributed by atoms with Gasteiger partial charge in [-0.1, -0.05) is 29.4 Å². The molecule has 0 aliphatic carbocycles. The van der Waals surface area contributed by atoms with Crippen LogP contribution in [-0.2, 0) is 9.53 Å². The van der Waals surface area contributed by atoms with Crippen LogP contribution in [-0.4, -0.2) is 42.1 Å². The molecule has 5 nitrogen and oxygen atoms in total. The third-order valence-corrected chi connectivity index (χ3v) is 5.06. The Morgan fingerprint density at radius 3 is 2.70 bits per heavy atom. The van der Waals surface area contributed by atoms with Crippen molar-refractivity contribution in [2.24, 2.45) is 5.92 Å². The second-order valence-corrected chi connectivity index (χ2v) is 8.85. The monoisotopic (exact) mass is 410 g/mol. The van der Waals surface area contributed by atoms with E-state index in [0.717, 1.165) is 16.3 Å². The lowest BCUT2D eigenvalue weighted by Crippen LogP contribution is -2.37. The average molecular weight is 411 g/mol. The van der Waals surface area contributed by atoms with Gasteiger partial charge in [-0.15, -0.1) is 0 Å². The Balaban J connectivity index is 1.64. The van der Waals surface area contributed by atoms with E-state index in [1.807, 2.05) is 56.5 Å². The number of halogens is 1. The maximum Gasteiger partial charge on any atom is 0.410 e. The predicted octanol–water partition coefficient (Wildman–Crippen LogP) is 4.71. The van der Waals surface area contributed by atoms with Crippen LogP contribution in [0.25, 0.3) is 0 Å². The molecule has 0 bridgehead atoms. The van der Waals surface area contributed by atoms with Gasteiger partial charge >= 0.3 is 6.09 Å². The molecule has 7 heteroatoms. The van der Waals surface area contributed by atoms with Gasteiger partial charge in [-0.3, -0.25) is 4.79 Å². The Morgan fingerprint density at radius 1 is 1.33 bits per heavy atom. The van der Waals surface area contributed by atoms with Gasteiger partial charge in [0.05, 0.1) is 5.92 Å². The van der Waals surface area contributed by atoms with Crippen LogP contribution in [0.4, 0.5) is 4.79 Å². The molecule has 1 aromatic rings. The smallest absolute Gasteiger partial charge is 0.410 e. The van der Waals surface area contributed by atoms with Crippen LogP contribution >= 0.6 is 23.4 Å². The Kier molecular flexibility index (Phi) is 8.05. The van der Waals surface area contributed by atoms with E-state index in [2.05, 4.69) is 5.32 Å². The molecule has 0 radical (unpaired) electrons. The second kappa shape index (κ2) is 10.0. The maximum atomic E-state index is 12.3. The molecule has 1 aliphatic heterocycles. The van der Waals surface area contributed by atoms with Gasteiger partial charge in [0, 0.05) is 29.6 Å². The summed E-state index contributed by atoms with van der Waals surface area (Å²) in [5.41, 5.74) is -0.520. The summed E-state index contributed by atoms with van der Waals surface area (Å²) in [6, 6.07) is 7.66. The van der Waals surface area contributed by atoms with Crippen LogP contribution in [0.2, 0.25) is 5.02 Å². The lowest BCUT2D eigenvalue weighted by molar-refractivity contribution is -0.124. The summed E-state index contributed by atoms with van der Waals surface area (Å²) >= 11 is 7.47. The number of thioether (sulfide) groups is 1. The van der Waals surface area contributed by atoms with Gasteiger partial charge in [0.25, 0.3) is 0 Å². The Bertz CT molecular complexity index is 671. The van der Waals surface area contributed by atoms with E-state index in [1.54, 1.807) is 16.7 Å². The van der Waals surface area contributed by atoms with Crippen LogP contribution < -0.4 is 5.32 Å². The number of hydrogen-bond acceptors (Lipinski definition) is 4. The largest absolute Gasteiger partial charge is 0.444 e. The van der Waals surface area contributed by atoms with Crippen LogP contribution in [0, 0.1) is 5.92 Å². The average Bonchev–Trinajstić information content (AvgIpc) is 3.08. The van der Waals surface area contributed by atoms with Gasteiger partial charge in [-0.25, -0.2) is 4.79 Å². The van der Waals surface area contributed by atoms with Crippen LogP contribution in [0.15, 0.2) is 40.6 Å². The van der Waals surface area contributed by atoms with E-state index in [1.165, 1.54) is 0 Å². The molecule has 0 aromatic heterocycles. The zero-order chi connectivity index (χ0) is 19.9. The molecule has 1 aliphatic rings. The zero-order valence-corrected chi connectivity index (χ0v) is 17.6. The first-order valence-corrected chi connectivity index (χ1v) is 10.3. The predicted molar refractivity (Wildman–Crippen MR) is 110 cm³/mol. The topological polar surface area (TPSA) is 58.6 Å². The minimum atomic E-state index is -0.520. The van der Waals surface area contributed by atoms with Gasteiger partial charge in [0.1, 0.15) is 5.60 Å². The highest BCUT2D eigenvalue weighted by Crippen LogP contribution is 2.21. The SMILES string of the molecule is CC(C)(C)OC(=O)N1CCC(C(=O)NCC/C=C/Sc2ccc(Cl)cc2)C1. The molecule has 0 spiro atoms. The standard InChI is InChI=1S/C20H27ClN2O3S/c1-20(2,3)26-19(25)23-12-10-15(14-23)18(24)22-11-4-5-13-27-17-8-6-16(21)7-9-17/h5-9,13,15H,4,10-12,14H2,1-3H3,(H,22,24)/b13-5+. The number of carbonyl (C=O) groups excluding carboxylic acids is 2. The molecule has 2 rings (SSSR count). The summed E-state index contributed by atoms with van der Waals surface area (Å²) < 4.78 is 5.35. The molecule has 0 saturated carbocycles. The highest BCUT2D eigenvalue weighted by atomic mass is 35.5. The van der Waals surface area contributed by atoms with E-state index in [9.17, 15) is 9.59 Å². The summed E-state index contributed by atoms with van der Waals surface area (Å²) in [5.74, 6) is -0.162. The van der Waals surface area contributed by atoms with E-state index < -0.39 is 5.60 Å². The highest BCUT2D eigenvalue weighted by Gasteiger charge is 2.33. The maximum absolute atomic E-state index is 12.3. The lowest BCUT2D eigenvalue weighted by atomic mass is 10.1. The van der Waals surface area contributed by atoms with Crippen molar-refractivity contribution in [1.82, 2.24) is 10.2 Å². The number of ether oxygens (including phenoxy) is 1. The molecule has 1 atom stereocenters. The number of nitrogens with one attached hydrogen (secondary N) is 1. The van der Waals surface area contributed by atoms with Gasteiger partial charge in [-0.2, -0.15) is 0 Å². The van der Waals surface area contributed by atoms with E-state index in [0.29, 0.717) is 26.1 Å². The molecular formula is C20H27ClN2O3S. The van der Waals surface area contributed by atoms with Crippen LogP contribution in [0.3, 0.4) is 0 Å². The van der Waals surface area contributed by atoms with E-state index in [-0.39, 0.29) is 17.9 Å². The van der Waals surface area contributed by atoms with Gasteiger partial charge in [0.2, 0.25) is 5.91 Å². The number of likely N-dealkylation sites (tertiary alicyclic amines) is 1. The normalized spacial score (nSPS) is 17.3. The van der Waals surface area contributed by atoms with Crippen molar-refractivity contribution in [2.45, 2.75) is 44.1 Å². The van der Waals surface area contributed by atoms with Gasteiger partial charge in [-0.05, 0) is 63.3 Å². The summed E-state index contributed by atoms with van der Waals surface area (Å²) in [6.45, 7) is 7.07. The first-order valence-electron chi connectivity index (χ1n) is 9.07. The number of benzene rings is 1. The van der Waals surface area contributed by atoms with Crippen LogP contribution in [0.5, 0.6) is 0 Å². The molecule has 1 saturated heterocycles. The minimum absolute atomic E-state index is 0.000173. The molecule has 27 heavy (non-hydrogen) atoms. The molecular weight excluding hydrogens is 384 g/mol. The van der Waals surface area contributed by atoms with E-state index >= 15 is 0 Å². The fraction of sp³-hybridized carbons (Fsp3) is 0.500. The molecule has 1 heterocycles. The quantitative estimate of drug-likeness (QED) is 0.545. The molecule has 148 valence electrons. The zero-order valence-electron chi connectivity index (χ0n) is 16.0. The number of nitrogens with zero attached hydrogens (tertiary/aromatic N) is 1.